The number of anilines is 1. The summed E-state index contributed by atoms with van der Waals surface area (Å²) in [6.45, 7) is 0.775. The number of amides is 3. The van der Waals surface area contributed by atoms with E-state index in [4.69, 9.17) is 0 Å². The molecule has 12 heteroatoms. The zero-order valence-electron chi connectivity index (χ0n) is 23.4. The van der Waals surface area contributed by atoms with Gasteiger partial charge in [-0.05, 0) is 61.9 Å². The third-order valence-electron chi connectivity index (χ3n) is 7.09. The predicted molar refractivity (Wildman–Crippen MR) is 152 cm³/mol. The molecule has 1 aliphatic carbocycles. The SMILES string of the molecule is CN(C)C(=O)/C=C/CC[C@@H](CN(C)C(=O)O)C(=O)Nc1cccn(Cc2nc3cc(F)ccc3n2CC2CC2)c1=O. The zero-order chi connectivity index (χ0) is 29.7. The largest absolute Gasteiger partial charge is 0.465 e. The summed E-state index contributed by atoms with van der Waals surface area (Å²) in [4.78, 5) is 56.8. The first-order valence-electron chi connectivity index (χ1n) is 13.5. The number of likely N-dealkylation sites (N-methyl/N-ethyl adjacent to an activating group) is 1. The maximum atomic E-state index is 13.9. The lowest BCUT2D eigenvalue weighted by atomic mass is 10.0. The molecule has 2 N–H and O–H groups in total. The summed E-state index contributed by atoms with van der Waals surface area (Å²) in [7, 11) is 4.61. The van der Waals surface area contributed by atoms with Crippen LogP contribution in [0.25, 0.3) is 11.0 Å². The van der Waals surface area contributed by atoms with E-state index in [0.29, 0.717) is 23.7 Å². The molecule has 0 radical (unpaired) electrons. The topological polar surface area (TPSA) is 130 Å². The number of allylic oxidation sites excluding steroid dienone is 1. The van der Waals surface area contributed by atoms with Gasteiger partial charge in [0.2, 0.25) is 11.8 Å². The lowest BCUT2D eigenvalue weighted by Gasteiger charge is -2.21. The molecule has 0 spiro atoms. The van der Waals surface area contributed by atoms with Gasteiger partial charge in [-0.2, -0.15) is 0 Å². The van der Waals surface area contributed by atoms with E-state index < -0.39 is 23.5 Å². The summed E-state index contributed by atoms with van der Waals surface area (Å²) in [6.07, 6.45) is 6.31. The fourth-order valence-electron chi connectivity index (χ4n) is 4.52. The zero-order valence-corrected chi connectivity index (χ0v) is 23.4. The highest BCUT2D eigenvalue weighted by atomic mass is 19.1. The van der Waals surface area contributed by atoms with Crippen LogP contribution in [0.5, 0.6) is 0 Å². The molecule has 1 saturated carbocycles. The second-order valence-electron chi connectivity index (χ2n) is 10.6. The minimum Gasteiger partial charge on any atom is -0.465 e. The summed E-state index contributed by atoms with van der Waals surface area (Å²) >= 11 is 0. The predicted octanol–water partition coefficient (Wildman–Crippen LogP) is 3.38. The first-order valence-corrected chi connectivity index (χ1v) is 13.5. The number of pyridine rings is 1. The van der Waals surface area contributed by atoms with Gasteiger partial charge in [0.25, 0.3) is 5.56 Å². The molecule has 1 aromatic carbocycles. The highest BCUT2D eigenvalue weighted by Crippen LogP contribution is 2.32. The van der Waals surface area contributed by atoms with Crippen molar-refractivity contribution in [2.45, 2.75) is 38.8 Å². The third-order valence-corrected chi connectivity index (χ3v) is 7.09. The highest BCUT2D eigenvalue weighted by Gasteiger charge is 2.25. The van der Waals surface area contributed by atoms with Crippen molar-refractivity contribution < 1.29 is 23.9 Å². The number of rotatable bonds is 12. The van der Waals surface area contributed by atoms with E-state index in [1.165, 1.54) is 40.8 Å². The number of fused-ring (bicyclic) bond motifs is 1. The molecule has 41 heavy (non-hydrogen) atoms. The van der Waals surface area contributed by atoms with E-state index in [0.717, 1.165) is 29.8 Å². The summed E-state index contributed by atoms with van der Waals surface area (Å²) < 4.78 is 17.3. The molecule has 2 aromatic heterocycles. The Balaban J connectivity index is 1.53. The van der Waals surface area contributed by atoms with Gasteiger partial charge < -0.3 is 29.4 Å². The number of halogens is 1. The van der Waals surface area contributed by atoms with Crippen molar-refractivity contribution in [1.29, 1.82) is 0 Å². The molecule has 3 amide bonds. The van der Waals surface area contributed by atoms with Crippen molar-refractivity contribution in [2.75, 3.05) is 33.0 Å². The molecule has 0 aliphatic heterocycles. The van der Waals surface area contributed by atoms with Gasteiger partial charge in [0.15, 0.2) is 0 Å². The van der Waals surface area contributed by atoms with Crippen LogP contribution in [-0.4, -0.2) is 74.6 Å². The van der Waals surface area contributed by atoms with Crippen molar-refractivity contribution in [3.8, 4) is 0 Å². The molecular formula is C29H35FN6O5. The Kier molecular flexibility index (Phi) is 9.21. The number of imidazole rings is 1. The first-order chi connectivity index (χ1) is 19.5. The Morgan fingerprint density at radius 2 is 1.98 bits per heavy atom. The van der Waals surface area contributed by atoms with E-state index in [9.17, 15) is 28.7 Å². The molecule has 2 heterocycles. The van der Waals surface area contributed by atoms with Crippen molar-refractivity contribution >= 4 is 34.6 Å². The molecule has 3 aromatic rings. The fraction of sp³-hybridized carbons (Fsp3) is 0.414. The second kappa shape index (κ2) is 12.8. The van der Waals surface area contributed by atoms with Crippen LogP contribution < -0.4 is 10.9 Å². The average molecular weight is 567 g/mol. The summed E-state index contributed by atoms with van der Waals surface area (Å²) in [5, 5.41) is 12.0. The minimum absolute atomic E-state index is 0.0507. The molecule has 1 fully saturated rings. The number of carboxylic acid groups (broad SMARTS) is 1. The number of carbonyl (C=O) groups is 3. The lowest BCUT2D eigenvalue weighted by Crippen LogP contribution is -2.37. The number of carbonyl (C=O) groups excluding carboxylic acids is 2. The minimum atomic E-state index is -1.18. The van der Waals surface area contributed by atoms with Crippen LogP contribution in [0, 0.1) is 17.7 Å². The van der Waals surface area contributed by atoms with Crippen molar-refractivity contribution in [2.24, 2.45) is 11.8 Å². The van der Waals surface area contributed by atoms with Gasteiger partial charge >= 0.3 is 6.09 Å². The van der Waals surface area contributed by atoms with E-state index in [-0.39, 0.29) is 36.9 Å². The molecular weight excluding hydrogens is 531 g/mol. The molecule has 0 unspecified atom stereocenters. The Bertz CT molecular complexity index is 1520. The van der Waals surface area contributed by atoms with Gasteiger partial charge in [0, 0.05) is 46.5 Å². The summed E-state index contributed by atoms with van der Waals surface area (Å²) in [5.74, 6) is -0.713. The van der Waals surface area contributed by atoms with Crippen molar-refractivity contribution in [3.05, 3.63) is 70.7 Å². The molecule has 218 valence electrons. The van der Waals surface area contributed by atoms with Crippen LogP contribution in [0.4, 0.5) is 14.9 Å². The highest BCUT2D eigenvalue weighted by molar-refractivity contribution is 5.92. The maximum absolute atomic E-state index is 13.9. The van der Waals surface area contributed by atoms with Crippen LogP contribution in [0.2, 0.25) is 0 Å². The van der Waals surface area contributed by atoms with Crippen LogP contribution in [0.1, 0.15) is 31.5 Å². The van der Waals surface area contributed by atoms with E-state index in [2.05, 4.69) is 10.3 Å². The van der Waals surface area contributed by atoms with Crippen molar-refractivity contribution in [3.63, 3.8) is 0 Å². The van der Waals surface area contributed by atoms with Crippen LogP contribution in [-0.2, 0) is 22.7 Å². The maximum Gasteiger partial charge on any atom is 0.407 e. The molecule has 4 rings (SSSR count). The van der Waals surface area contributed by atoms with Crippen LogP contribution in [0.15, 0.2) is 53.5 Å². The average Bonchev–Trinajstić information content (AvgIpc) is 3.68. The molecule has 1 atom stereocenters. The van der Waals surface area contributed by atoms with Gasteiger partial charge in [-0.3, -0.25) is 14.4 Å². The quantitative estimate of drug-likeness (QED) is 0.324. The van der Waals surface area contributed by atoms with Gasteiger partial charge in [-0.25, -0.2) is 14.2 Å². The van der Waals surface area contributed by atoms with Gasteiger partial charge in [-0.1, -0.05) is 6.08 Å². The Hall–Kier alpha value is -4.48. The number of aromatic nitrogens is 3. The number of nitrogens with one attached hydrogen (secondary N) is 1. The monoisotopic (exact) mass is 566 g/mol. The Morgan fingerprint density at radius 1 is 1.22 bits per heavy atom. The van der Waals surface area contributed by atoms with Gasteiger partial charge in [0.1, 0.15) is 17.3 Å². The standard InChI is InChI=1S/C29H35FN6O5/c1-33(2)26(37)9-5-4-7-20(17-34(3)29(40)41)27(38)32-22-8-6-14-35(28(22)39)18-25-31-23-15-21(30)12-13-24(23)36(25)16-19-10-11-19/h5-6,8-9,12-15,19-20H,4,7,10-11,16-18H2,1-3H3,(H,32,38)(H,40,41)/b9-5+/t20-/m0/s1. The van der Waals surface area contributed by atoms with Crippen LogP contribution in [0.3, 0.4) is 0 Å². The van der Waals surface area contributed by atoms with Crippen molar-refractivity contribution in [1.82, 2.24) is 23.9 Å². The second-order valence-corrected chi connectivity index (χ2v) is 10.6. The van der Waals surface area contributed by atoms with E-state index in [1.807, 2.05) is 4.57 Å². The van der Waals surface area contributed by atoms with E-state index in [1.54, 1.807) is 38.5 Å². The smallest absolute Gasteiger partial charge is 0.407 e. The third kappa shape index (κ3) is 7.59. The number of nitrogens with zero attached hydrogens (tertiary/aromatic N) is 5. The summed E-state index contributed by atoms with van der Waals surface area (Å²) in [5.41, 5.74) is 0.927. The van der Waals surface area contributed by atoms with Gasteiger partial charge in [0.05, 0.1) is 23.5 Å². The Labute approximate surface area is 236 Å². The van der Waals surface area contributed by atoms with Gasteiger partial charge in [-0.15, -0.1) is 0 Å². The fourth-order valence-corrected chi connectivity index (χ4v) is 4.52. The number of hydrogen-bond donors (Lipinski definition) is 2. The molecule has 1 aliphatic rings. The molecule has 11 nitrogen and oxygen atoms in total. The lowest BCUT2D eigenvalue weighted by molar-refractivity contribution is -0.123. The number of benzene rings is 1. The normalized spacial score (nSPS) is 13.9. The first kappa shape index (κ1) is 29.5. The number of hydrogen-bond acceptors (Lipinski definition) is 5. The van der Waals surface area contributed by atoms with Crippen LogP contribution >= 0.6 is 0 Å². The molecule has 0 bridgehead atoms. The molecule has 0 saturated heterocycles. The van der Waals surface area contributed by atoms with E-state index >= 15 is 0 Å². The Morgan fingerprint density at radius 3 is 2.66 bits per heavy atom. The summed E-state index contributed by atoms with van der Waals surface area (Å²) in [6, 6.07) is 7.60.